The Bertz CT molecular complexity index is 522. The Morgan fingerprint density at radius 2 is 2.26 bits per heavy atom. The molecule has 104 valence electrons. The van der Waals surface area contributed by atoms with Crippen LogP contribution >= 0.6 is 11.6 Å². The molecule has 4 N–H and O–H groups in total. The van der Waals surface area contributed by atoms with Crippen molar-refractivity contribution in [1.82, 2.24) is 5.32 Å². The van der Waals surface area contributed by atoms with Gasteiger partial charge in [0.25, 0.3) is 5.91 Å². The minimum absolute atomic E-state index is 0.00420. The summed E-state index contributed by atoms with van der Waals surface area (Å²) in [7, 11) is 0. The van der Waals surface area contributed by atoms with E-state index < -0.39 is 17.3 Å². The van der Waals surface area contributed by atoms with Gasteiger partial charge in [-0.25, -0.2) is 4.39 Å². The van der Waals surface area contributed by atoms with Crippen LogP contribution in [0.2, 0.25) is 5.02 Å². The molecule has 0 aliphatic heterocycles. The number of hydrogen-bond acceptors (Lipinski definition) is 3. The van der Waals surface area contributed by atoms with Crippen LogP contribution in [0.15, 0.2) is 23.4 Å². The molecule has 7 heteroatoms. The van der Waals surface area contributed by atoms with Gasteiger partial charge in [0.1, 0.15) is 5.82 Å². The quantitative estimate of drug-likeness (QED) is 0.343. The van der Waals surface area contributed by atoms with E-state index in [2.05, 4.69) is 10.5 Å². The van der Waals surface area contributed by atoms with E-state index in [-0.39, 0.29) is 16.4 Å². The Morgan fingerprint density at radius 1 is 1.63 bits per heavy atom. The van der Waals surface area contributed by atoms with E-state index in [1.807, 2.05) is 0 Å². The van der Waals surface area contributed by atoms with Crippen molar-refractivity contribution in [2.24, 2.45) is 10.9 Å². The first-order chi connectivity index (χ1) is 8.84. The van der Waals surface area contributed by atoms with Gasteiger partial charge in [-0.2, -0.15) is 0 Å². The molecular weight excluding hydrogens is 273 g/mol. The summed E-state index contributed by atoms with van der Waals surface area (Å²) in [4.78, 5) is 12.1. The second kappa shape index (κ2) is 5.88. The summed E-state index contributed by atoms with van der Waals surface area (Å²) in [6, 6.07) is 3.45. The minimum Gasteiger partial charge on any atom is -0.409 e. The number of nitrogens with two attached hydrogens (primary N) is 1. The molecule has 1 atom stereocenters. The van der Waals surface area contributed by atoms with Gasteiger partial charge in [-0.15, -0.1) is 0 Å². The Hall–Kier alpha value is -1.82. The van der Waals surface area contributed by atoms with Gasteiger partial charge < -0.3 is 16.3 Å². The van der Waals surface area contributed by atoms with Crippen molar-refractivity contribution >= 4 is 23.3 Å². The molecular formula is C12H15ClFN3O2. The van der Waals surface area contributed by atoms with Crippen molar-refractivity contribution in [3.63, 3.8) is 0 Å². The van der Waals surface area contributed by atoms with Crippen molar-refractivity contribution in [2.75, 3.05) is 0 Å². The van der Waals surface area contributed by atoms with Gasteiger partial charge in [0.05, 0.1) is 16.1 Å². The molecule has 0 saturated heterocycles. The van der Waals surface area contributed by atoms with Crippen LogP contribution in [0.5, 0.6) is 0 Å². The molecule has 1 aromatic carbocycles. The van der Waals surface area contributed by atoms with Crippen molar-refractivity contribution < 1.29 is 14.4 Å². The molecule has 0 spiro atoms. The second-order valence-corrected chi connectivity index (χ2v) is 4.66. The predicted molar refractivity (Wildman–Crippen MR) is 71.0 cm³/mol. The summed E-state index contributed by atoms with van der Waals surface area (Å²) < 4.78 is 12.9. The highest BCUT2D eigenvalue weighted by Gasteiger charge is 2.30. The Balaban J connectivity index is 3.02. The Morgan fingerprint density at radius 3 is 2.74 bits per heavy atom. The van der Waals surface area contributed by atoms with Crippen LogP contribution in [-0.2, 0) is 0 Å². The fourth-order valence-electron chi connectivity index (χ4n) is 1.44. The standard InChI is InChI=1S/C12H15ClFN3O2/c1-3-12(2,11(15)17-19)16-10(18)8-5-4-7(14)6-9(8)13/h4-6,19H,3H2,1-2H3,(H2,15,17)(H,16,18). The maximum Gasteiger partial charge on any atom is 0.253 e. The number of amidine groups is 1. The number of benzene rings is 1. The summed E-state index contributed by atoms with van der Waals surface area (Å²) in [5.74, 6) is -1.18. The van der Waals surface area contributed by atoms with Crippen molar-refractivity contribution in [2.45, 2.75) is 25.8 Å². The molecule has 0 fully saturated rings. The Labute approximate surface area is 115 Å². The molecule has 0 radical (unpaired) electrons. The molecule has 1 rings (SSSR count). The average Bonchev–Trinajstić information content (AvgIpc) is 2.37. The van der Waals surface area contributed by atoms with E-state index in [1.54, 1.807) is 13.8 Å². The molecule has 5 nitrogen and oxygen atoms in total. The van der Waals surface area contributed by atoms with E-state index in [1.165, 1.54) is 6.07 Å². The molecule has 0 aliphatic rings. The van der Waals surface area contributed by atoms with Crippen LogP contribution in [0, 0.1) is 5.82 Å². The van der Waals surface area contributed by atoms with Crippen molar-refractivity contribution in [1.29, 1.82) is 0 Å². The molecule has 0 bridgehead atoms. The first kappa shape index (κ1) is 15.2. The van der Waals surface area contributed by atoms with Gasteiger partial charge in [0, 0.05) is 0 Å². The fourth-order valence-corrected chi connectivity index (χ4v) is 1.69. The van der Waals surface area contributed by atoms with Crippen molar-refractivity contribution in [3.05, 3.63) is 34.6 Å². The summed E-state index contributed by atoms with van der Waals surface area (Å²) in [5.41, 5.74) is 4.65. The maximum absolute atomic E-state index is 12.9. The molecule has 0 heterocycles. The summed E-state index contributed by atoms with van der Waals surface area (Å²) >= 11 is 5.80. The third-order valence-electron chi connectivity index (χ3n) is 2.95. The number of oxime groups is 1. The number of rotatable bonds is 4. The zero-order valence-electron chi connectivity index (χ0n) is 10.6. The second-order valence-electron chi connectivity index (χ2n) is 4.25. The third kappa shape index (κ3) is 3.35. The zero-order valence-corrected chi connectivity index (χ0v) is 11.3. The van der Waals surface area contributed by atoms with Gasteiger partial charge in [-0.1, -0.05) is 23.7 Å². The van der Waals surface area contributed by atoms with Crippen LogP contribution in [0.1, 0.15) is 30.6 Å². The lowest BCUT2D eigenvalue weighted by atomic mass is 9.97. The van der Waals surface area contributed by atoms with Crippen LogP contribution in [0.25, 0.3) is 0 Å². The lowest BCUT2D eigenvalue weighted by molar-refractivity contribution is 0.0925. The highest BCUT2D eigenvalue weighted by molar-refractivity contribution is 6.33. The van der Waals surface area contributed by atoms with Gasteiger partial charge in [-0.3, -0.25) is 4.79 Å². The molecule has 0 aliphatic carbocycles. The molecule has 1 aromatic rings. The summed E-state index contributed by atoms with van der Waals surface area (Å²) in [6.45, 7) is 3.38. The SMILES string of the molecule is CCC(C)(NC(=O)c1ccc(F)cc1Cl)/C(N)=N/O. The van der Waals surface area contributed by atoms with E-state index in [0.717, 1.165) is 12.1 Å². The number of nitrogens with one attached hydrogen (secondary N) is 1. The van der Waals surface area contributed by atoms with Crippen molar-refractivity contribution in [3.8, 4) is 0 Å². The highest BCUT2D eigenvalue weighted by atomic mass is 35.5. The van der Waals surface area contributed by atoms with E-state index in [9.17, 15) is 9.18 Å². The Kier molecular flexibility index (Phi) is 4.72. The number of amides is 1. The zero-order chi connectivity index (χ0) is 14.6. The lowest BCUT2D eigenvalue weighted by Crippen LogP contribution is -2.55. The molecule has 1 amide bonds. The van der Waals surface area contributed by atoms with Crippen LogP contribution in [-0.4, -0.2) is 22.5 Å². The monoisotopic (exact) mass is 287 g/mol. The lowest BCUT2D eigenvalue weighted by Gasteiger charge is -2.28. The smallest absolute Gasteiger partial charge is 0.253 e. The largest absolute Gasteiger partial charge is 0.409 e. The number of halogens is 2. The fraction of sp³-hybridized carbons (Fsp3) is 0.333. The number of nitrogens with zero attached hydrogens (tertiary/aromatic N) is 1. The average molecular weight is 288 g/mol. The van der Waals surface area contributed by atoms with Gasteiger partial charge >= 0.3 is 0 Å². The number of hydrogen-bond donors (Lipinski definition) is 3. The topological polar surface area (TPSA) is 87.7 Å². The molecule has 1 unspecified atom stereocenters. The molecule has 0 aromatic heterocycles. The third-order valence-corrected chi connectivity index (χ3v) is 3.26. The summed E-state index contributed by atoms with van der Waals surface area (Å²) in [5, 5.41) is 14.2. The number of carbonyl (C=O) groups excluding carboxylic acids is 1. The van der Waals surface area contributed by atoms with Gasteiger partial charge in [0.15, 0.2) is 5.84 Å². The minimum atomic E-state index is -1.01. The number of carbonyl (C=O) groups is 1. The normalized spacial score (nSPS) is 14.8. The van der Waals surface area contributed by atoms with E-state index in [0.29, 0.717) is 6.42 Å². The van der Waals surface area contributed by atoms with E-state index in [4.69, 9.17) is 22.5 Å². The predicted octanol–water partition coefficient (Wildman–Crippen LogP) is 2.12. The highest BCUT2D eigenvalue weighted by Crippen LogP contribution is 2.19. The first-order valence-corrected chi connectivity index (χ1v) is 5.97. The van der Waals surface area contributed by atoms with E-state index >= 15 is 0 Å². The van der Waals surface area contributed by atoms with Crippen LogP contribution < -0.4 is 11.1 Å². The van der Waals surface area contributed by atoms with Crippen LogP contribution in [0.3, 0.4) is 0 Å². The maximum atomic E-state index is 12.9. The summed E-state index contributed by atoms with van der Waals surface area (Å²) in [6.07, 6.45) is 0.410. The first-order valence-electron chi connectivity index (χ1n) is 5.59. The molecule has 19 heavy (non-hydrogen) atoms. The van der Waals surface area contributed by atoms with Gasteiger partial charge in [0.2, 0.25) is 0 Å². The van der Waals surface area contributed by atoms with Crippen LogP contribution in [0.4, 0.5) is 4.39 Å². The van der Waals surface area contributed by atoms with Gasteiger partial charge in [-0.05, 0) is 31.5 Å². The molecule has 0 saturated carbocycles.